The minimum atomic E-state index is 0.0105. The summed E-state index contributed by atoms with van der Waals surface area (Å²) in [4.78, 5) is 16.0. The Morgan fingerprint density at radius 1 is 1.24 bits per heavy atom. The topological polar surface area (TPSA) is 59.0 Å². The molecule has 1 aromatic carbocycles. The molecule has 110 valence electrons. The first-order chi connectivity index (χ1) is 10.3. The quantitative estimate of drug-likeness (QED) is 0.812. The maximum absolute atomic E-state index is 11.8. The minimum absolute atomic E-state index is 0.0105. The molecule has 1 saturated carbocycles. The summed E-state index contributed by atoms with van der Waals surface area (Å²) in [6.45, 7) is 1.57. The second kappa shape index (κ2) is 6.54. The lowest BCUT2D eigenvalue weighted by atomic mass is 10.2. The summed E-state index contributed by atoms with van der Waals surface area (Å²) < 4.78 is 2.20. The van der Waals surface area contributed by atoms with Crippen LogP contribution in [-0.2, 0) is 17.9 Å². The van der Waals surface area contributed by atoms with E-state index in [2.05, 4.69) is 20.2 Å². The second-order valence-electron chi connectivity index (χ2n) is 5.39. The summed E-state index contributed by atoms with van der Waals surface area (Å²) in [7, 11) is 0. The summed E-state index contributed by atoms with van der Waals surface area (Å²) in [5.74, 6) is 0.0105. The predicted octanol–water partition coefficient (Wildman–Crippen LogP) is 1.62. The Labute approximate surface area is 124 Å². The summed E-state index contributed by atoms with van der Waals surface area (Å²) in [6.07, 6.45) is 6.22. The highest BCUT2D eigenvalue weighted by atomic mass is 16.1. The normalized spacial score (nSPS) is 14.1. The molecule has 0 saturated heterocycles. The van der Waals surface area contributed by atoms with E-state index in [0.717, 1.165) is 11.3 Å². The van der Waals surface area contributed by atoms with Gasteiger partial charge in [0.05, 0.1) is 18.6 Å². The summed E-state index contributed by atoms with van der Waals surface area (Å²) in [6, 6.07) is 10.5. The highest BCUT2D eigenvalue weighted by Crippen LogP contribution is 2.35. The smallest absolute Gasteiger partial charge is 0.234 e. The molecule has 0 spiro atoms. The van der Waals surface area contributed by atoms with Crippen molar-refractivity contribution in [3.8, 4) is 0 Å². The summed E-state index contributed by atoms with van der Waals surface area (Å²) in [5, 5.41) is 6.08. The molecule has 3 rings (SSSR count). The van der Waals surface area contributed by atoms with Gasteiger partial charge in [-0.15, -0.1) is 0 Å². The fourth-order valence-electron chi connectivity index (χ4n) is 2.31. The van der Waals surface area contributed by atoms with Gasteiger partial charge < -0.3 is 15.2 Å². The van der Waals surface area contributed by atoms with E-state index in [1.54, 1.807) is 0 Å². The Balaban J connectivity index is 1.39. The Hall–Kier alpha value is -2.14. The third-order valence-electron chi connectivity index (χ3n) is 3.61. The van der Waals surface area contributed by atoms with Crippen LogP contribution in [0.2, 0.25) is 0 Å². The molecule has 21 heavy (non-hydrogen) atoms. The number of rotatable bonds is 7. The SMILES string of the molecule is O=C(CNCc1cncn1C1CC1)NCc1ccccc1. The van der Waals surface area contributed by atoms with E-state index in [1.165, 1.54) is 12.8 Å². The van der Waals surface area contributed by atoms with Crippen molar-refractivity contribution >= 4 is 5.91 Å². The number of imidazole rings is 1. The van der Waals surface area contributed by atoms with Crippen LogP contribution in [0.3, 0.4) is 0 Å². The number of hydrogen-bond donors (Lipinski definition) is 2. The van der Waals surface area contributed by atoms with E-state index < -0.39 is 0 Å². The predicted molar refractivity (Wildman–Crippen MR) is 80.5 cm³/mol. The third-order valence-corrected chi connectivity index (χ3v) is 3.61. The molecule has 0 aliphatic heterocycles. The molecule has 2 aromatic rings. The molecule has 1 aliphatic carbocycles. The van der Waals surface area contributed by atoms with E-state index in [1.807, 2.05) is 42.9 Å². The van der Waals surface area contributed by atoms with Gasteiger partial charge in [0.15, 0.2) is 0 Å². The molecule has 2 N–H and O–H groups in total. The third kappa shape index (κ3) is 3.92. The van der Waals surface area contributed by atoms with Crippen molar-refractivity contribution in [3.05, 3.63) is 54.1 Å². The van der Waals surface area contributed by atoms with Crippen molar-refractivity contribution in [1.82, 2.24) is 20.2 Å². The van der Waals surface area contributed by atoms with Gasteiger partial charge in [0.1, 0.15) is 0 Å². The number of nitrogens with one attached hydrogen (secondary N) is 2. The van der Waals surface area contributed by atoms with Crippen LogP contribution in [-0.4, -0.2) is 22.0 Å². The molecule has 1 heterocycles. The van der Waals surface area contributed by atoms with Crippen LogP contribution in [0.15, 0.2) is 42.9 Å². The van der Waals surface area contributed by atoms with Crippen LogP contribution in [0.1, 0.15) is 30.1 Å². The molecule has 1 aromatic heterocycles. The van der Waals surface area contributed by atoms with Crippen LogP contribution >= 0.6 is 0 Å². The van der Waals surface area contributed by atoms with E-state index in [-0.39, 0.29) is 5.91 Å². The Morgan fingerprint density at radius 2 is 2.05 bits per heavy atom. The molecule has 5 heteroatoms. The van der Waals surface area contributed by atoms with Crippen LogP contribution < -0.4 is 10.6 Å². The van der Waals surface area contributed by atoms with Gasteiger partial charge in [-0.2, -0.15) is 0 Å². The monoisotopic (exact) mass is 284 g/mol. The number of nitrogens with zero attached hydrogens (tertiary/aromatic N) is 2. The Kier molecular flexibility index (Phi) is 4.31. The number of carbonyl (C=O) groups excluding carboxylic acids is 1. The van der Waals surface area contributed by atoms with Crippen LogP contribution in [0.4, 0.5) is 0 Å². The second-order valence-corrected chi connectivity index (χ2v) is 5.39. The van der Waals surface area contributed by atoms with Gasteiger partial charge in [-0.1, -0.05) is 30.3 Å². The number of hydrogen-bond acceptors (Lipinski definition) is 3. The first kappa shape index (κ1) is 13.8. The van der Waals surface area contributed by atoms with Crippen molar-refractivity contribution in [2.75, 3.05) is 6.54 Å². The highest BCUT2D eigenvalue weighted by Gasteiger charge is 2.24. The largest absolute Gasteiger partial charge is 0.351 e. The van der Waals surface area contributed by atoms with Crippen LogP contribution in [0, 0.1) is 0 Å². The molecule has 1 amide bonds. The summed E-state index contributed by atoms with van der Waals surface area (Å²) in [5.41, 5.74) is 2.26. The Morgan fingerprint density at radius 3 is 2.81 bits per heavy atom. The number of aromatic nitrogens is 2. The van der Waals surface area contributed by atoms with Crippen molar-refractivity contribution in [2.45, 2.75) is 32.0 Å². The lowest BCUT2D eigenvalue weighted by molar-refractivity contribution is -0.120. The van der Waals surface area contributed by atoms with Crippen LogP contribution in [0.5, 0.6) is 0 Å². The van der Waals surface area contributed by atoms with Crippen molar-refractivity contribution in [2.24, 2.45) is 0 Å². The average molecular weight is 284 g/mol. The minimum Gasteiger partial charge on any atom is -0.351 e. The fourth-order valence-corrected chi connectivity index (χ4v) is 2.31. The van der Waals surface area contributed by atoms with E-state index >= 15 is 0 Å². The first-order valence-corrected chi connectivity index (χ1v) is 7.35. The highest BCUT2D eigenvalue weighted by molar-refractivity contribution is 5.77. The molecule has 0 unspecified atom stereocenters. The van der Waals surface area contributed by atoms with E-state index in [4.69, 9.17) is 0 Å². The van der Waals surface area contributed by atoms with Crippen molar-refractivity contribution in [3.63, 3.8) is 0 Å². The van der Waals surface area contributed by atoms with Gasteiger partial charge in [0.2, 0.25) is 5.91 Å². The first-order valence-electron chi connectivity index (χ1n) is 7.35. The molecule has 1 fully saturated rings. The van der Waals surface area contributed by atoms with Crippen molar-refractivity contribution < 1.29 is 4.79 Å². The fraction of sp³-hybridized carbons (Fsp3) is 0.375. The Bertz CT molecular complexity index is 589. The van der Waals surface area contributed by atoms with E-state index in [9.17, 15) is 4.79 Å². The molecular formula is C16H20N4O. The van der Waals surface area contributed by atoms with Crippen molar-refractivity contribution in [1.29, 1.82) is 0 Å². The lowest BCUT2D eigenvalue weighted by Gasteiger charge is -2.09. The average Bonchev–Trinajstić information content (AvgIpc) is 3.26. The van der Waals surface area contributed by atoms with Gasteiger partial charge in [0, 0.05) is 25.3 Å². The van der Waals surface area contributed by atoms with Gasteiger partial charge in [-0.3, -0.25) is 4.79 Å². The lowest BCUT2D eigenvalue weighted by Crippen LogP contribution is -2.33. The van der Waals surface area contributed by atoms with Gasteiger partial charge in [-0.05, 0) is 18.4 Å². The van der Waals surface area contributed by atoms with E-state index in [0.29, 0.717) is 25.7 Å². The number of carbonyl (C=O) groups is 1. The number of benzene rings is 1. The molecule has 5 nitrogen and oxygen atoms in total. The molecular weight excluding hydrogens is 264 g/mol. The zero-order valence-corrected chi connectivity index (χ0v) is 12.0. The van der Waals surface area contributed by atoms with Crippen LogP contribution in [0.25, 0.3) is 0 Å². The van der Waals surface area contributed by atoms with Gasteiger partial charge >= 0.3 is 0 Å². The molecule has 0 bridgehead atoms. The maximum atomic E-state index is 11.8. The molecule has 0 atom stereocenters. The van der Waals surface area contributed by atoms with Gasteiger partial charge in [-0.25, -0.2) is 4.98 Å². The number of amides is 1. The maximum Gasteiger partial charge on any atom is 0.234 e. The summed E-state index contributed by atoms with van der Waals surface area (Å²) >= 11 is 0. The molecule has 0 radical (unpaired) electrons. The zero-order chi connectivity index (χ0) is 14.5. The van der Waals surface area contributed by atoms with Gasteiger partial charge in [0.25, 0.3) is 0 Å². The zero-order valence-electron chi connectivity index (χ0n) is 12.0. The molecule has 1 aliphatic rings. The standard InChI is InChI=1S/C16H20N4O/c21-16(19-8-13-4-2-1-3-5-13)11-17-9-15-10-18-12-20(15)14-6-7-14/h1-5,10,12,14,17H,6-9,11H2,(H,19,21).